The molecule has 1 aliphatic heterocycles. The van der Waals surface area contributed by atoms with Crippen LogP contribution in [-0.2, 0) is 35.7 Å². The van der Waals surface area contributed by atoms with Crippen LogP contribution in [0.25, 0.3) is 0 Å². The van der Waals surface area contributed by atoms with Gasteiger partial charge in [-0.05, 0) is 11.6 Å². The lowest BCUT2D eigenvalue weighted by Gasteiger charge is -2.27. The molecule has 1 fully saturated rings. The largest absolute Gasteiger partial charge is 0.473 e. The lowest BCUT2D eigenvalue weighted by Crippen LogP contribution is -2.43. The SMILES string of the molecule is O=C(O)C(=O)O.O=CN(CCS(=O)(=O)N1CCOCC1)Cc1cccnc1. The monoisotopic (exact) mass is 403 g/mol. The van der Waals surface area contributed by atoms with Crippen molar-refractivity contribution in [3.05, 3.63) is 30.1 Å². The number of carboxylic acids is 2. The molecule has 0 unspecified atom stereocenters. The Kier molecular flexibility index (Phi) is 9.33. The number of hydrogen-bond donors (Lipinski definition) is 2. The second kappa shape index (κ2) is 11.2. The van der Waals surface area contributed by atoms with E-state index in [1.165, 1.54) is 9.21 Å². The molecule has 150 valence electrons. The first-order chi connectivity index (χ1) is 12.8. The number of pyridine rings is 1. The first kappa shape index (κ1) is 22.5. The number of amides is 1. The fourth-order valence-electron chi connectivity index (χ4n) is 2.08. The van der Waals surface area contributed by atoms with E-state index in [0.29, 0.717) is 39.3 Å². The minimum atomic E-state index is -3.34. The Hall–Kier alpha value is -2.57. The van der Waals surface area contributed by atoms with Gasteiger partial charge in [-0.25, -0.2) is 18.0 Å². The molecule has 1 amide bonds. The van der Waals surface area contributed by atoms with E-state index < -0.39 is 22.0 Å². The van der Waals surface area contributed by atoms with Crippen molar-refractivity contribution in [2.45, 2.75) is 6.54 Å². The number of rotatable bonds is 7. The van der Waals surface area contributed by atoms with E-state index in [2.05, 4.69) is 4.98 Å². The van der Waals surface area contributed by atoms with Crippen LogP contribution in [0.4, 0.5) is 0 Å². The number of sulfonamides is 1. The number of carbonyl (C=O) groups excluding carboxylic acids is 1. The van der Waals surface area contributed by atoms with Crippen LogP contribution in [0.3, 0.4) is 0 Å². The fourth-order valence-corrected chi connectivity index (χ4v) is 3.51. The number of carboxylic acid groups (broad SMARTS) is 2. The molecule has 27 heavy (non-hydrogen) atoms. The summed E-state index contributed by atoms with van der Waals surface area (Å²) in [5.41, 5.74) is 0.869. The first-order valence-corrected chi connectivity index (χ1v) is 9.47. The van der Waals surface area contributed by atoms with Gasteiger partial charge in [0.05, 0.1) is 19.0 Å². The summed E-state index contributed by atoms with van der Waals surface area (Å²) >= 11 is 0. The Balaban J connectivity index is 0.000000527. The molecule has 1 aromatic heterocycles. The van der Waals surface area contributed by atoms with Gasteiger partial charge in [-0.1, -0.05) is 6.07 Å². The summed E-state index contributed by atoms with van der Waals surface area (Å²) in [5, 5.41) is 14.8. The summed E-state index contributed by atoms with van der Waals surface area (Å²) in [4.78, 5) is 34.7. The van der Waals surface area contributed by atoms with Gasteiger partial charge in [-0.15, -0.1) is 0 Å². The summed E-state index contributed by atoms with van der Waals surface area (Å²) in [6.07, 6.45) is 3.98. The molecule has 0 atom stereocenters. The average Bonchev–Trinajstić information content (AvgIpc) is 2.67. The van der Waals surface area contributed by atoms with Crippen LogP contribution in [0.5, 0.6) is 0 Å². The van der Waals surface area contributed by atoms with Crippen molar-refractivity contribution < 1.29 is 37.8 Å². The maximum Gasteiger partial charge on any atom is 0.414 e. The van der Waals surface area contributed by atoms with Crippen molar-refractivity contribution in [2.24, 2.45) is 0 Å². The van der Waals surface area contributed by atoms with Gasteiger partial charge in [0.1, 0.15) is 0 Å². The predicted molar refractivity (Wildman–Crippen MR) is 92.2 cm³/mol. The molecule has 11 nitrogen and oxygen atoms in total. The third-order valence-electron chi connectivity index (χ3n) is 3.44. The summed E-state index contributed by atoms with van der Waals surface area (Å²) in [7, 11) is -3.34. The van der Waals surface area contributed by atoms with Crippen LogP contribution in [0.15, 0.2) is 24.5 Å². The van der Waals surface area contributed by atoms with Crippen molar-refractivity contribution in [3.63, 3.8) is 0 Å². The Morgan fingerprint density at radius 2 is 1.89 bits per heavy atom. The van der Waals surface area contributed by atoms with Crippen molar-refractivity contribution in [1.29, 1.82) is 0 Å². The van der Waals surface area contributed by atoms with E-state index in [0.717, 1.165) is 5.56 Å². The average molecular weight is 403 g/mol. The Labute approximate surface area is 156 Å². The number of hydrogen-bond acceptors (Lipinski definition) is 7. The van der Waals surface area contributed by atoms with Crippen LogP contribution in [-0.4, -0.2) is 89.8 Å². The summed E-state index contributed by atoms with van der Waals surface area (Å²) in [5.74, 6) is -3.73. The van der Waals surface area contributed by atoms with E-state index in [9.17, 15) is 13.2 Å². The highest BCUT2D eigenvalue weighted by molar-refractivity contribution is 7.89. The van der Waals surface area contributed by atoms with Gasteiger partial charge in [0.25, 0.3) is 0 Å². The van der Waals surface area contributed by atoms with Gasteiger partial charge < -0.3 is 19.8 Å². The number of ether oxygens (including phenoxy) is 1. The number of morpholine rings is 1. The van der Waals surface area contributed by atoms with Crippen molar-refractivity contribution in [3.8, 4) is 0 Å². The van der Waals surface area contributed by atoms with Crippen LogP contribution in [0.1, 0.15) is 5.56 Å². The second-order valence-corrected chi connectivity index (χ2v) is 7.46. The highest BCUT2D eigenvalue weighted by Crippen LogP contribution is 2.07. The molecule has 2 heterocycles. The molecule has 1 aromatic rings. The van der Waals surface area contributed by atoms with Gasteiger partial charge in [-0.3, -0.25) is 9.78 Å². The molecule has 0 spiro atoms. The quantitative estimate of drug-likeness (QED) is 0.424. The summed E-state index contributed by atoms with van der Waals surface area (Å²) in [6, 6.07) is 3.63. The number of aromatic nitrogens is 1. The minimum Gasteiger partial charge on any atom is -0.473 e. The molecule has 12 heteroatoms. The zero-order valence-corrected chi connectivity index (χ0v) is 15.2. The normalized spacial score (nSPS) is 14.5. The van der Waals surface area contributed by atoms with Gasteiger partial charge in [0.15, 0.2) is 0 Å². The van der Waals surface area contributed by atoms with Gasteiger partial charge in [0, 0.05) is 38.6 Å². The van der Waals surface area contributed by atoms with Crippen LogP contribution in [0.2, 0.25) is 0 Å². The van der Waals surface area contributed by atoms with Crippen LogP contribution >= 0.6 is 0 Å². The molecule has 0 aromatic carbocycles. The zero-order chi connectivity index (χ0) is 20.3. The smallest absolute Gasteiger partial charge is 0.414 e. The fraction of sp³-hybridized carbons (Fsp3) is 0.467. The molecule has 1 aliphatic rings. The molecule has 2 N–H and O–H groups in total. The van der Waals surface area contributed by atoms with Gasteiger partial charge in [-0.2, -0.15) is 4.31 Å². The third kappa shape index (κ3) is 8.57. The van der Waals surface area contributed by atoms with E-state index in [-0.39, 0.29) is 12.3 Å². The second-order valence-electron chi connectivity index (χ2n) is 5.37. The molecule has 0 saturated carbocycles. The van der Waals surface area contributed by atoms with Crippen LogP contribution in [0, 0.1) is 0 Å². The third-order valence-corrected chi connectivity index (χ3v) is 5.29. The Bertz CT molecular complexity index is 708. The summed E-state index contributed by atoms with van der Waals surface area (Å²) in [6.45, 7) is 2.13. The standard InChI is InChI=1S/C13H19N3O4S.C2H2O4/c17-12-15(11-13-2-1-3-14-10-13)6-9-21(18,19)16-4-7-20-8-5-16;3-1(4)2(5)6/h1-3,10,12H,4-9,11H2;(H,3,4)(H,5,6). The number of carbonyl (C=O) groups is 3. The lowest BCUT2D eigenvalue weighted by atomic mass is 10.3. The summed E-state index contributed by atoms with van der Waals surface area (Å²) < 4.78 is 30.9. The first-order valence-electron chi connectivity index (χ1n) is 7.86. The molecule has 0 radical (unpaired) electrons. The zero-order valence-electron chi connectivity index (χ0n) is 14.4. The molecule has 1 saturated heterocycles. The number of aliphatic carboxylic acids is 2. The van der Waals surface area contributed by atoms with Crippen molar-refractivity contribution in [2.75, 3.05) is 38.6 Å². The van der Waals surface area contributed by atoms with E-state index in [1.54, 1.807) is 18.5 Å². The van der Waals surface area contributed by atoms with Gasteiger partial charge in [0.2, 0.25) is 16.4 Å². The van der Waals surface area contributed by atoms with E-state index >= 15 is 0 Å². The van der Waals surface area contributed by atoms with E-state index in [1.807, 2.05) is 6.07 Å². The van der Waals surface area contributed by atoms with E-state index in [4.69, 9.17) is 24.5 Å². The Morgan fingerprint density at radius 3 is 2.37 bits per heavy atom. The molecule has 2 rings (SSSR count). The molecular formula is C15H21N3O8S. The predicted octanol–water partition coefficient (Wildman–Crippen LogP) is -1.14. The maximum atomic E-state index is 12.2. The van der Waals surface area contributed by atoms with Crippen molar-refractivity contribution >= 4 is 28.4 Å². The highest BCUT2D eigenvalue weighted by atomic mass is 32.2. The van der Waals surface area contributed by atoms with Gasteiger partial charge >= 0.3 is 11.9 Å². The molecule has 0 bridgehead atoms. The maximum absolute atomic E-state index is 12.2. The van der Waals surface area contributed by atoms with Crippen molar-refractivity contribution in [1.82, 2.24) is 14.2 Å². The lowest BCUT2D eigenvalue weighted by molar-refractivity contribution is -0.159. The number of nitrogens with zero attached hydrogens (tertiary/aromatic N) is 3. The van der Waals surface area contributed by atoms with Crippen LogP contribution < -0.4 is 0 Å². The highest BCUT2D eigenvalue weighted by Gasteiger charge is 2.24. The minimum absolute atomic E-state index is 0.0774. The molecule has 0 aliphatic carbocycles. The topological polar surface area (TPSA) is 154 Å². The molecular weight excluding hydrogens is 382 g/mol. The Morgan fingerprint density at radius 1 is 1.26 bits per heavy atom.